The number of benzene rings is 2. The first-order valence-corrected chi connectivity index (χ1v) is 10.9. The van der Waals surface area contributed by atoms with Crippen LogP contribution in [0.3, 0.4) is 0 Å². The summed E-state index contributed by atoms with van der Waals surface area (Å²) < 4.78 is 10.8. The monoisotopic (exact) mass is 436 g/mol. The van der Waals surface area contributed by atoms with E-state index in [1.165, 1.54) is 0 Å². The van der Waals surface area contributed by atoms with Crippen molar-refractivity contribution in [2.45, 2.75) is 26.0 Å². The molecule has 2 aliphatic rings. The SMILES string of the molecule is CCC(=O)OC1NCCc2ccc(NC(=O)c3ccc(C(=N)N4CCOCC4)cc3)cc21. The van der Waals surface area contributed by atoms with Gasteiger partial charge < -0.3 is 19.7 Å². The van der Waals surface area contributed by atoms with Crippen LogP contribution in [0.1, 0.15) is 46.6 Å². The number of esters is 1. The van der Waals surface area contributed by atoms with E-state index in [1.807, 2.05) is 23.1 Å². The second-order valence-electron chi connectivity index (χ2n) is 7.82. The Balaban J connectivity index is 1.44. The van der Waals surface area contributed by atoms with Gasteiger partial charge in [-0.2, -0.15) is 0 Å². The molecule has 168 valence electrons. The molecule has 0 aromatic heterocycles. The third-order valence-electron chi connectivity index (χ3n) is 5.70. The van der Waals surface area contributed by atoms with E-state index in [2.05, 4.69) is 10.6 Å². The summed E-state index contributed by atoms with van der Waals surface area (Å²) in [5, 5.41) is 14.5. The molecular weight excluding hydrogens is 408 g/mol. The van der Waals surface area contributed by atoms with Gasteiger partial charge in [0.25, 0.3) is 5.91 Å². The lowest BCUT2D eigenvalue weighted by atomic mass is 9.98. The first kappa shape index (κ1) is 22.0. The van der Waals surface area contributed by atoms with Crippen molar-refractivity contribution < 1.29 is 19.1 Å². The van der Waals surface area contributed by atoms with Crippen LogP contribution in [-0.4, -0.2) is 55.5 Å². The van der Waals surface area contributed by atoms with Crippen LogP contribution in [-0.2, 0) is 20.7 Å². The minimum atomic E-state index is -0.506. The number of carbonyl (C=O) groups is 2. The van der Waals surface area contributed by atoms with Crippen molar-refractivity contribution in [3.8, 4) is 0 Å². The number of amides is 1. The number of rotatable bonds is 5. The van der Waals surface area contributed by atoms with E-state index in [4.69, 9.17) is 14.9 Å². The Morgan fingerprint density at radius 2 is 1.88 bits per heavy atom. The van der Waals surface area contributed by atoms with Crippen LogP contribution in [0, 0.1) is 5.41 Å². The highest BCUT2D eigenvalue weighted by Crippen LogP contribution is 2.27. The van der Waals surface area contributed by atoms with Crippen molar-refractivity contribution in [3.05, 3.63) is 64.7 Å². The minimum absolute atomic E-state index is 0.236. The molecule has 0 aliphatic carbocycles. The summed E-state index contributed by atoms with van der Waals surface area (Å²) in [6, 6.07) is 12.7. The molecule has 0 spiro atoms. The normalized spacial score (nSPS) is 17.9. The van der Waals surface area contributed by atoms with Gasteiger partial charge in [0.15, 0.2) is 6.23 Å². The average molecular weight is 437 g/mol. The first-order valence-electron chi connectivity index (χ1n) is 10.9. The standard InChI is InChI=1S/C24H28N4O4/c1-2-21(29)32-24-20-15-19(8-7-16(20)9-10-26-24)27-23(30)18-5-3-17(4-6-18)22(25)28-11-13-31-14-12-28/h3-8,15,24-26H,2,9-14H2,1H3,(H,27,30). The van der Waals surface area contributed by atoms with Crippen LogP contribution in [0.15, 0.2) is 42.5 Å². The molecule has 8 heteroatoms. The molecule has 1 atom stereocenters. The quantitative estimate of drug-likeness (QED) is 0.378. The molecule has 8 nitrogen and oxygen atoms in total. The molecule has 1 unspecified atom stereocenters. The highest BCUT2D eigenvalue weighted by molar-refractivity contribution is 6.05. The highest BCUT2D eigenvalue weighted by atomic mass is 16.6. The molecule has 4 rings (SSSR count). The van der Waals surface area contributed by atoms with Gasteiger partial charge in [-0.3, -0.25) is 20.3 Å². The molecule has 1 amide bonds. The fourth-order valence-electron chi connectivity index (χ4n) is 3.86. The number of nitrogens with one attached hydrogen (secondary N) is 3. The Bertz CT molecular complexity index is 1000. The number of fused-ring (bicyclic) bond motifs is 1. The molecule has 1 fully saturated rings. The maximum atomic E-state index is 12.8. The number of nitrogens with zero attached hydrogens (tertiary/aromatic N) is 1. The van der Waals surface area contributed by atoms with E-state index >= 15 is 0 Å². The van der Waals surface area contributed by atoms with Crippen molar-refractivity contribution in [2.75, 3.05) is 38.2 Å². The summed E-state index contributed by atoms with van der Waals surface area (Å²) >= 11 is 0. The number of amidine groups is 1. The molecule has 0 radical (unpaired) electrons. The zero-order chi connectivity index (χ0) is 22.5. The number of carbonyl (C=O) groups excluding carboxylic acids is 2. The third kappa shape index (κ3) is 4.98. The summed E-state index contributed by atoms with van der Waals surface area (Å²) in [6.07, 6.45) is 0.636. The second kappa shape index (κ2) is 9.93. The molecule has 2 aromatic rings. The Kier molecular flexibility index (Phi) is 6.82. The van der Waals surface area contributed by atoms with Gasteiger partial charge >= 0.3 is 5.97 Å². The van der Waals surface area contributed by atoms with Crippen LogP contribution in [0.25, 0.3) is 0 Å². The van der Waals surface area contributed by atoms with Crippen LogP contribution in [0.5, 0.6) is 0 Å². The van der Waals surface area contributed by atoms with Gasteiger partial charge in [0.2, 0.25) is 0 Å². The van der Waals surface area contributed by atoms with E-state index in [0.29, 0.717) is 49.8 Å². The van der Waals surface area contributed by atoms with Crippen molar-refractivity contribution >= 4 is 23.4 Å². The van der Waals surface area contributed by atoms with E-state index in [0.717, 1.165) is 29.7 Å². The summed E-state index contributed by atoms with van der Waals surface area (Å²) in [4.78, 5) is 26.5. The number of anilines is 1. The van der Waals surface area contributed by atoms with Gasteiger partial charge in [-0.05, 0) is 36.2 Å². The largest absolute Gasteiger partial charge is 0.442 e. The van der Waals surface area contributed by atoms with Gasteiger partial charge in [-0.25, -0.2) is 0 Å². The summed E-state index contributed by atoms with van der Waals surface area (Å²) in [6.45, 7) is 5.13. The lowest BCUT2D eigenvalue weighted by Gasteiger charge is -2.29. The summed E-state index contributed by atoms with van der Waals surface area (Å²) in [5.41, 5.74) is 3.88. The van der Waals surface area contributed by atoms with Crippen molar-refractivity contribution in [1.29, 1.82) is 5.41 Å². The zero-order valence-corrected chi connectivity index (χ0v) is 18.1. The van der Waals surface area contributed by atoms with E-state index < -0.39 is 6.23 Å². The number of hydrogen-bond acceptors (Lipinski definition) is 6. The molecule has 0 saturated carbocycles. The number of ether oxygens (including phenoxy) is 2. The Morgan fingerprint density at radius 3 is 2.59 bits per heavy atom. The van der Waals surface area contributed by atoms with Crippen LogP contribution in [0.4, 0.5) is 5.69 Å². The maximum Gasteiger partial charge on any atom is 0.307 e. The predicted octanol–water partition coefficient (Wildman–Crippen LogP) is 2.69. The summed E-state index contributed by atoms with van der Waals surface area (Å²) in [7, 11) is 0. The van der Waals surface area contributed by atoms with Crippen molar-refractivity contribution in [1.82, 2.24) is 10.2 Å². The third-order valence-corrected chi connectivity index (χ3v) is 5.70. The van der Waals surface area contributed by atoms with Gasteiger partial charge in [0.1, 0.15) is 5.84 Å². The number of hydrogen-bond donors (Lipinski definition) is 3. The molecular formula is C24H28N4O4. The highest BCUT2D eigenvalue weighted by Gasteiger charge is 2.23. The topological polar surface area (TPSA) is 104 Å². The van der Waals surface area contributed by atoms with E-state index in [1.54, 1.807) is 31.2 Å². The molecule has 0 bridgehead atoms. The lowest BCUT2D eigenvalue weighted by Crippen LogP contribution is -2.40. The lowest BCUT2D eigenvalue weighted by molar-refractivity contribution is -0.151. The van der Waals surface area contributed by atoms with E-state index in [9.17, 15) is 9.59 Å². The van der Waals surface area contributed by atoms with Crippen LogP contribution >= 0.6 is 0 Å². The molecule has 1 saturated heterocycles. The van der Waals surface area contributed by atoms with Crippen molar-refractivity contribution in [3.63, 3.8) is 0 Å². The van der Waals surface area contributed by atoms with Gasteiger partial charge in [-0.1, -0.05) is 25.1 Å². The Labute approximate surface area is 187 Å². The molecule has 2 aliphatic heterocycles. The van der Waals surface area contributed by atoms with Gasteiger partial charge in [-0.15, -0.1) is 0 Å². The smallest absolute Gasteiger partial charge is 0.307 e. The summed E-state index contributed by atoms with van der Waals surface area (Å²) in [5.74, 6) is -0.0667. The minimum Gasteiger partial charge on any atom is -0.442 e. The van der Waals surface area contributed by atoms with Gasteiger partial charge in [0.05, 0.1) is 13.2 Å². The Morgan fingerprint density at radius 1 is 1.16 bits per heavy atom. The molecule has 2 aromatic carbocycles. The predicted molar refractivity (Wildman–Crippen MR) is 121 cm³/mol. The average Bonchev–Trinajstić information content (AvgIpc) is 2.84. The first-order chi connectivity index (χ1) is 15.5. The zero-order valence-electron chi connectivity index (χ0n) is 18.1. The fourth-order valence-corrected chi connectivity index (χ4v) is 3.86. The fraction of sp³-hybridized carbons (Fsp3) is 0.375. The number of morpholine rings is 1. The van der Waals surface area contributed by atoms with Crippen LogP contribution in [0.2, 0.25) is 0 Å². The Hall–Kier alpha value is -3.23. The molecule has 3 N–H and O–H groups in total. The molecule has 32 heavy (non-hydrogen) atoms. The van der Waals surface area contributed by atoms with Gasteiger partial charge in [0, 0.05) is 48.4 Å². The van der Waals surface area contributed by atoms with Crippen molar-refractivity contribution in [2.24, 2.45) is 0 Å². The van der Waals surface area contributed by atoms with Crippen LogP contribution < -0.4 is 10.6 Å². The second-order valence-corrected chi connectivity index (χ2v) is 7.82. The van der Waals surface area contributed by atoms with E-state index in [-0.39, 0.29) is 11.9 Å². The molecule has 2 heterocycles. The maximum absolute atomic E-state index is 12.8.